The van der Waals surface area contributed by atoms with Crippen LogP contribution in [0.2, 0.25) is 0 Å². The quantitative estimate of drug-likeness (QED) is 0.497. The molecule has 0 bridgehead atoms. The molecule has 9 heteroatoms. The summed E-state index contributed by atoms with van der Waals surface area (Å²) in [5, 5.41) is 6.03. The smallest absolute Gasteiger partial charge is 0.243 e. The number of thiazole rings is 1. The van der Waals surface area contributed by atoms with Crippen molar-refractivity contribution in [3.63, 3.8) is 0 Å². The van der Waals surface area contributed by atoms with Gasteiger partial charge in [0.15, 0.2) is 5.78 Å². The largest absolute Gasteiger partial charge is 0.352 e. The fraction of sp³-hybridized carbons (Fsp3) is 0.320. The molecule has 0 saturated carbocycles. The van der Waals surface area contributed by atoms with Gasteiger partial charge < -0.3 is 5.32 Å². The van der Waals surface area contributed by atoms with E-state index in [1.165, 1.54) is 35.5 Å². The van der Waals surface area contributed by atoms with Gasteiger partial charge in [0.05, 0.1) is 15.6 Å². The van der Waals surface area contributed by atoms with E-state index in [1.807, 2.05) is 36.6 Å². The number of Topliss-reactive ketones (excluding diaryl/α,β-unsaturated/α-hetero) is 1. The maximum atomic E-state index is 12.9. The van der Waals surface area contributed by atoms with Crippen molar-refractivity contribution in [2.45, 2.75) is 38.1 Å². The fourth-order valence-electron chi connectivity index (χ4n) is 3.99. The Morgan fingerprint density at radius 3 is 2.26 bits per heavy atom. The number of ketones is 1. The Morgan fingerprint density at radius 2 is 1.71 bits per heavy atom. The first-order valence-electron chi connectivity index (χ1n) is 11.1. The summed E-state index contributed by atoms with van der Waals surface area (Å²) in [4.78, 5) is 28.7. The molecule has 3 aromatic rings. The van der Waals surface area contributed by atoms with Crippen LogP contribution in [0.4, 0.5) is 0 Å². The Bertz CT molecular complexity index is 1270. The molecule has 34 heavy (non-hydrogen) atoms. The number of rotatable bonds is 7. The van der Waals surface area contributed by atoms with Gasteiger partial charge in [0.2, 0.25) is 15.9 Å². The summed E-state index contributed by atoms with van der Waals surface area (Å²) in [5.41, 5.74) is 3.47. The number of hydrogen-bond acceptors (Lipinski definition) is 6. The molecule has 2 heterocycles. The Balaban J connectivity index is 1.29. The lowest BCUT2D eigenvalue weighted by Gasteiger charge is -2.30. The average Bonchev–Trinajstić information content (AvgIpc) is 3.29. The van der Waals surface area contributed by atoms with Crippen molar-refractivity contribution in [3.05, 3.63) is 70.0 Å². The van der Waals surface area contributed by atoms with Gasteiger partial charge in [-0.25, -0.2) is 13.4 Å². The van der Waals surface area contributed by atoms with Crippen LogP contribution in [-0.4, -0.2) is 42.5 Å². The molecule has 2 aromatic carbocycles. The van der Waals surface area contributed by atoms with Crippen molar-refractivity contribution < 1.29 is 18.0 Å². The van der Waals surface area contributed by atoms with Gasteiger partial charge >= 0.3 is 0 Å². The fourth-order valence-corrected chi connectivity index (χ4v) is 6.08. The first-order valence-corrected chi connectivity index (χ1v) is 13.5. The highest BCUT2D eigenvalue weighted by Gasteiger charge is 2.32. The summed E-state index contributed by atoms with van der Waals surface area (Å²) in [6, 6.07) is 14.0. The molecule has 7 nitrogen and oxygen atoms in total. The Labute approximate surface area is 203 Å². The zero-order valence-corrected chi connectivity index (χ0v) is 20.8. The predicted octanol–water partition coefficient (Wildman–Crippen LogP) is 4.04. The number of carbonyl (C=O) groups excluding carboxylic acids is 2. The number of nitrogens with zero attached hydrogens (tertiary/aromatic N) is 2. The van der Waals surface area contributed by atoms with Crippen LogP contribution in [0.5, 0.6) is 0 Å². The molecule has 1 N–H and O–H groups in total. The first-order chi connectivity index (χ1) is 16.2. The second-order valence-corrected chi connectivity index (χ2v) is 11.4. The maximum Gasteiger partial charge on any atom is 0.243 e. The summed E-state index contributed by atoms with van der Waals surface area (Å²) >= 11 is 1.61. The second-order valence-electron chi connectivity index (χ2n) is 8.43. The highest BCUT2D eigenvalue weighted by molar-refractivity contribution is 7.89. The number of piperidine rings is 1. The molecule has 0 atom stereocenters. The van der Waals surface area contributed by atoms with Gasteiger partial charge in [-0.15, -0.1) is 11.3 Å². The number of benzene rings is 2. The molecule has 1 aromatic heterocycles. The van der Waals surface area contributed by atoms with E-state index in [0.29, 0.717) is 24.9 Å². The average molecular weight is 498 g/mol. The Morgan fingerprint density at radius 1 is 1.06 bits per heavy atom. The van der Waals surface area contributed by atoms with Gasteiger partial charge in [-0.3, -0.25) is 9.59 Å². The lowest BCUT2D eigenvalue weighted by Crippen LogP contribution is -2.42. The van der Waals surface area contributed by atoms with Gasteiger partial charge in [0.1, 0.15) is 0 Å². The minimum atomic E-state index is -3.65. The number of carbonyl (C=O) groups is 2. The number of aryl methyl sites for hydroxylation is 1. The molecular weight excluding hydrogens is 470 g/mol. The molecule has 4 rings (SSSR count). The number of sulfonamides is 1. The van der Waals surface area contributed by atoms with Gasteiger partial charge in [0.25, 0.3) is 0 Å². The molecule has 0 radical (unpaired) electrons. The third-order valence-electron chi connectivity index (χ3n) is 6.06. The monoisotopic (exact) mass is 497 g/mol. The molecule has 1 saturated heterocycles. The zero-order chi connectivity index (χ0) is 24.3. The van der Waals surface area contributed by atoms with E-state index in [4.69, 9.17) is 0 Å². The Kier molecular flexibility index (Phi) is 7.25. The summed E-state index contributed by atoms with van der Waals surface area (Å²) in [7, 11) is -3.65. The van der Waals surface area contributed by atoms with Gasteiger partial charge in [-0.2, -0.15) is 4.31 Å². The Hall–Kier alpha value is -2.88. The van der Waals surface area contributed by atoms with Crippen LogP contribution in [-0.2, 0) is 21.4 Å². The number of nitrogens with one attached hydrogen (secondary N) is 1. The van der Waals surface area contributed by atoms with Crippen LogP contribution >= 0.6 is 11.3 Å². The van der Waals surface area contributed by atoms with Crippen LogP contribution < -0.4 is 5.32 Å². The SMILES string of the molecule is CC(=O)c1ccc(S(=O)(=O)N2CCC(C(=O)NCc3ccc(-c4csc(C)n4)cc3)CC2)cc1. The molecule has 1 fully saturated rings. The molecule has 0 spiro atoms. The van der Waals surface area contributed by atoms with Crippen molar-refractivity contribution in [3.8, 4) is 11.3 Å². The van der Waals surface area contributed by atoms with Gasteiger partial charge in [-0.05, 0) is 44.4 Å². The lowest BCUT2D eigenvalue weighted by atomic mass is 9.97. The van der Waals surface area contributed by atoms with Gasteiger partial charge in [0, 0.05) is 42.1 Å². The van der Waals surface area contributed by atoms with E-state index in [9.17, 15) is 18.0 Å². The van der Waals surface area contributed by atoms with E-state index in [0.717, 1.165) is 21.8 Å². The van der Waals surface area contributed by atoms with Crippen molar-refractivity contribution in [1.29, 1.82) is 0 Å². The number of amides is 1. The molecule has 178 valence electrons. The topological polar surface area (TPSA) is 96.4 Å². The number of hydrogen-bond donors (Lipinski definition) is 1. The normalized spacial score (nSPS) is 15.2. The van der Waals surface area contributed by atoms with Crippen LogP contribution in [0.25, 0.3) is 11.3 Å². The summed E-state index contributed by atoms with van der Waals surface area (Å²) in [6.45, 7) is 4.42. The van der Waals surface area contributed by atoms with Crippen LogP contribution in [0, 0.1) is 12.8 Å². The predicted molar refractivity (Wildman–Crippen MR) is 132 cm³/mol. The number of aromatic nitrogens is 1. The van der Waals surface area contributed by atoms with E-state index in [2.05, 4.69) is 10.3 Å². The highest BCUT2D eigenvalue weighted by atomic mass is 32.2. The van der Waals surface area contributed by atoms with Crippen molar-refractivity contribution >= 4 is 33.1 Å². The highest BCUT2D eigenvalue weighted by Crippen LogP contribution is 2.25. The molecule has 1 amide bonds. The third-order valence-corrected chi connectivity index (χ3v) is 8.75. The minimum absolute atomic E-state index is 0.0536. The zero-order valence-electron chi connectivity index (χ0n) is 19.2. The summed E-state index contributed by atoms with van der Waals surface area (Å²) in [5.74, 6) is -0.382. The van der Waals surface area contributed by atoms with Crippen molar-refractivity contribution in [2.75, 3.05) is 13.1 Å². The van der Waals surface area contributed by atoms with Crippen LogP contribution in [0.15, 0.2) is 58.8 Å². The van der Waals surface area contributed by atoms with Crippen LogP contribution in [0.3, 0.4) is 0 Å². The van der Waals surface area contributed by atoms with Gasteiger partial charge in [-0.1, -0.05) is 36.4 Å². The van der Waals surface area contributed by atoms with Crippen LogP contribution in [0.1, 0.15) is 40.7 Å². The summed E-state index contributed by atoms with van der Waals surface area (Å²) < 4.78 is 27.3. The molecule has 1 aliphatic heterocycles. The summed E-state index contributed by atoms with van der Waals surface area (Å²) in [6.07, 6.45) is 0.942. The lowest BCUT2D eigenvalue weighted by molar-refractivity contribution is -0.126. The van der Waals surface area contributed by atoms with E-state index < -0.39 is 10.0 Å². The second kappa shape index (κ2) is 10.2. The van der Waals surface area contributed by atoms with E-state index >= 15 is 0 Å². The maximum absolute atomic E-state index is 12.9. The van der Waals surface area contributed by atoms with E-state index in [-0.39, 0.29) is 35.6 Å². The minimum Gasteiger partial charge on any atom is -0.352 e. The van der Waals surface area contributed by atoms with Crippen molar-refractivity contribution in [2.24, 2.45) is 5.92 Å². The third kappa shape index (κ3) is 5.43. The molecule has 1 aliphatic rings. The molecule has 0 unspecified atom stereocenters. The van der Waals surface area contributed by atoms with E-state index in [1.54, 1.807) is 11.3 Å². The van der Waals surface area contributed by atoms with Crippen molar-refractivity contribution in [1.82, 2.24) is 14.6 Å². The standard InChI is InChI=1S/C25H27N3O4S2/c1-17(29)20-7-9-23(10-8-20)34(31,32)28-13-11-22(12-14-28)25(30)26-15-19-3-5-21(6-4-19)24-16-33-18(2)27-24/h3-10,16,22H,11-15H2,1-2H3,(H,26,30). The molecule has 0 aliphatic carbocycles. The molecular formula is C25H27N3O4S2. The first kappa shape index (κ1) is 24.3.